The molecule has 1 unspecified atom stereocenters. The van der Waals surface area contributed by atoms with Gasteiger partial charge in [0.15, 0.2) is 0 Å². The maximum Gasteiger partial charge on any atom is 0.254 e. The number of aliphatic hydroxyl groups excluding tert-OH is 1. The Labute approximate surface area is 123 Å². The average Bonchev–Trinajstić information content (AvgIpc) is 2.46. The van der Waals surface area contributed by atoms with Gasteiger partial charge in [-0.3, -0.25) is 4.79 Å². The molecule has 0 aromatic heterocycles. The number of hydrogen-bond donors (Lipinski definition) is 2. The summed E-state index contributed by atoms with van der Waals surface area (Å²) in [4.78, 5) is 12.3. The third kappa shape index (κ3) is 4.03. The number of nitrogens with one attached hydrogen (secondary N) is 1. The summed E-state index contributed by atoms with van der Waals surface area (Å²) in [5.41, 5.74) is -0.0404. The molecule has 0 aliphatic carbocycles. The molecular formula is C16H18FNO3. The number of halogens is 1. The number of carbonyl (C=O) groups excluding carboxylic acids is 1. The highest BCUT2D eigenvalue weighted by molar-refractivity contribution is 5.95. The van der Waals surface area contributed by atoms with E-state index in [9.17, 15) is 9.18 Å². The van der Waals surface area contributed by atoms with Gasteiger partial charge in [0, 0.05) is 12.2 Å². The number of ether oxygens (including phenoxy) is 1. The molecule has 5 heteroatoms. The number of carbonyl (C=O) groups is 1. The lowest BCUT2D eigenvalue weighted by Gasteiger charge is -2.34. The Morgan fingerprint density at radius 1 is 1.57 bits per heavy atom. The van der Waals surface area contributed by atoms with Gasteiger partial charge in [0.05, 0.1) is 17.7 Å². The summed E-state index contributed by atoms with van der Waals surface area (Å²) >= 11 is 0. The van der Waals surface area contributed by atoms with Crippen molar-refractivity contribution in [2.24, 2.45) is 0 Å². The van der Waals surface area contributed by atoms with Crippen molar-refractivity contribution in [2.75, 3.05) is 19.8 Å². The Balaban J connectivity index is 2.18. The maximum atomic E-state index is 13.8. The van der Waals surface area contributed by atoms with E-state index in [-0.39, 0.29) is 12.2 Å². The van der Waals surface area contributed by atoms with Crippen molar-refractivity contribution < 1.29 is 19.0 Å². The SMILES string of the molecule is CC1(NC(=O)c2cc(C#CCO)ccc2F)CCCOC1. The fraction of sp³-hybridized carbons (Fsp3) is 0.438. The number of hydrogen-bond acceptors (Lipinski definition) is 3. The molecule has 112 valence electrons. The molecule has 0 spiro atoms. The highest BCUT2D eigenvalue weighted by Crippen LogP contribution is 2.20. The highest BCUT2D eigenvalue weighted by Gasteiger charge is 2.30. The van der Waals surface area contributed by atoms with Gasteiger partial charge in [-0.05, 0) is 38.0 Å². The van der Waals surface area contributed by atoms with Crippen LogP contribution in [0.2, 0.25) is 0 Å². The van der Waals surface area contributed by atoms with Gasteiger partial charge in [0.1, 0.15) is 12.4 Å². The number of rotatable bonds is 2. The van der Waals surface area contributed by atoms with Gasteiger partial charge < -0.3 is 15.2 Å². The minimum absolute atomic E-state index is 0.0495. The molecule has 1 atom stereocenters. The summed E-state index contributed by atoms with van der Waals surface area (Å²) in [7, 11) is 0. The largest absolute Gasteiger partial charge is 0.384 e. The Bertz CT molecular complexity index is 583. The number of aliphatic hydroxyl groups is 1. The van der Waals surface area contributed by atoms with E-state index in [4.69, 9.17) is 9.84 Å². The Morgan fingerprint density at radius 2 is 2.38 bits per heavy atom. The van der Waals surface area contributed by atoms with Gasteiger partial charge in [-0.15, -0.1) is 0 Å². The van der Waals surface area contributed by atoms with Crippen LogP contribution in [0, 0.1) is 17.7 Å². The number of benzene rings is 1. The summed E-state index contributed by atoms with van der Waals surface area (Å²) in [5, 5.41) is 11.5. The third-order valence-corrected chi connectivity index (χ3v) is 3.38. The minimum Gasteiger partial charge on any atom is -0.384 e. The molecule has 1 aromatic carbocycles. The lowest BCUT2D eigenvalue weighted by atomic mass is 9.94. The molecule has 1 amide bonds. The van der Waals surface area contributed by atoms with Gasteiger partial charge in [0.25, 0.3) is 5.91 Å². The zero-order chi connectivity index (χ0) is 15.3. The molecule has 0 saturated carbocycles. The van der Waals surface area contributed by atoms with E-state index in [1.54, 1.807) is 0 Å². The van der Waals surface area contributed by atoms with Crippen molar-refractivity contribution in [3.05, 3.63) is 35.1 Å². The first-order valence-electron chi connectivity index (χ1n) is 6.84. The van der Waals surface area contributed by atoms with Gasteiger partial charge in [-0.25, -0.2) is 4.39 Å². The lowest BCUT2D eigenvalue weighted by Crippen LogP contribution is -2.51. The Hall–Kier alpha value is -1.90. The second-order valence-corrected chi connectivity index (χ2v) is 5.33. The first-order valence-corrected chi connectivity index (χ1v) is 6.84. The fourth-order valence-corrected chi connectivity index (χ4v) is 2.29. The fourth-order valence-electron chi connectivity index (χ4n) is 2.29. The maximum absolute atomic E-state index is 13.8. The topological polar surface area (TPSA) is 58.6 Å². The van der Waals surface area contributed by atoms with Crippen LogP contribution in [-0.4, -0.2) is 36.4 Å². The first-order chi connectivity index (χ1) is 10.0. The van der Waals surface area contributed by atoms with Crippen LogP contribution in [0.1, 0.15) is 35.7 Å². The van der Waals surface area contributed by atoms with Gasteiger partial charge in [-0.2, -0.15) is 0 Å². The summed E-state index contributed by atoms with van der Waals surface area (Å²) in [5.74, 6) is 4.06. The molecule has 1 aliphatic heterocycles. The lowest BCUT2D eigenvalue weighted by molar-refractivity contribution is 0.0271. The second-order valence-electron chi connectivity index (χ2n) is 5.33. The van der Waals surface area contributed by atoms with Crippen LogP contribution >= 0.6 is 0 Å². The van der Waals surface area contributed by atoms with E-state index in [2.05, 4.69) is 17.2 Å². The monoisotopic (exact) mass is 291 g/mol. The quantitative estimate of drug-likeness (QED) is 0.811. The van der Waals surface area contributed by atoms with Crippen LogP contribution in [0.15, 0.2) is 18.2 Å². The first kappa shape index (κ1) is 15.5. The van der Waals surface area contributed by atoms with Crippen LogP contribution in [0.5, 0.6) is 0 Å². The molecule has 2 rings (SSSR count). The Kier molecular flexibility index (Phi) is 4.94. The molecule has 1 heterocycles. The van der Waals surface area contributed by atoms with E-state index in [1.807, 2.05) is 6.92 Å². The van der Waals surface area contributed by atoms with Crippen LogP contribution in [0.3, 0.4) is 0 Å². The van der Waals surface area contributed by atoms with Crippen LogP contribution in [0.25, 0.3) is 0 Å². The van der Waals surface area contributed by atoms with E-state index in [1.165, 1.54) is 18.2 Å². The molecule has 1 saturated heterocycles. The molecule has 21 heavy (non-hydrogen) atoms. The predicted octanol–water partition coefficient (Wildman–Crippen LogP) is 1.47. The van der Waals surface area contributed by atoms with Crippen molar-refractivity contribution in [1.82, 2.24) is 5.32 Å². The van der Waals surface area contributed by atoms with Gasteiger partial charge in [-0.1, -0.05) is 11.8 Å². The smallest absolute Gasteiger partial charge is 0.254 e. The van der Waals surface area contributed by atoms with Crippen molar-refractivity contribution in [3.8, 4) is 11.8 Å². The average molecular weight is 291 g/mol. The van der Waals surface area contributed by atoms with E-state index < -0.39 is 17.3 Å². The molecule has 1 fully saturated rings. The van der Waals surface area contributed by atoms with Crippen molar-refractivity contribution in [3.63, 3.8) is 0 Å². The van der Waals surface area contributed by atoms with Gasteiger partial charge in [0.2, 0.25) is 0 Å². The van der Waals surface area contributed by atoms with Gasteiger partial charge >= 0.3 is 0 Å². The van der Waals surface area contributed by atoms with E-state index in [0.29, 0.717) is 18.8 Å². The van der Waals surface area contributed by atoms with E-state index in [0.717, 1.165) is 12.8 Å². The molecule has 0 bridgehead atoms. The summed E-state index contributed by atoms with van der Waals surface area (Å²) < 4.78 is 19.2. The molecule has 2 N–H and O–H groups in total. The predicted molar refractivity (Wildman–Crippen MR) is 76.3 cm³/mol. The zero-order valence-electron chi connectivity index (χ0n) is 11.9. The summed E-state index contributed by atoms with van der Waals surface area (Å²) in [6.07, 6.45) is 1.66. The summed E-state index contributed by atoms with van der Waals surface area (Å²) in [6, 6.07) is 4.07. The van der Waals surface area contributed by atoms with Crippen LogP contribution in [-0.2, 0) is 4.74 Å². The normalized spacial score (nSPS) is 21.3. The van der Waals surface area contributed by atoms with Crippen LogP contribution in [0.4, 0.5) is 4.39 Å². The molecule has 0 radical (unpaired) electrons. The second kappa shape index (κ2) is 6.70. The van der Waals surface area contributed by atoms with E-state index >= 15 is 0 Å². The zero-order valence-corrected chi connectivity index (χ0v) is 11.9. The number of amides is 1. The molecular weight excluding hydrogens is 273 g/mol. The highest BCUT2D eigenvalue weighted by atomic mass is 19.1. The van der Waals surface area contributed by atoms with Crippen LogP contribution < -0.4 is 5.32 Å². The standard InChI is InChI=1S/C16H18FNO3/c1-16(7-3-9-21-11-16)18-15(20)13-10-12(4-2-8-19)5-6-14(13)17/h5-6,10,19H,3,7-9,11H2,1H3,(H,18,20). The minimum atomic E-state index is -0.595. The molecule has 4 nitrogen and oxygen atoms in total. The summed E-state index contributed by atoms with van der Waals surface area (Å²) in [6.45, 7) is 2.71. The van der Waals surface area contributed by atoms with Crippen molar-refractivity contribution in [2.45, 2.75) is 25.3 Å². The van der Waals surface area contributed by atoms with Crippen molar-refractivity contribution in [1.29, 1.82) is 0 Å². The third-order valence-electron chi connectivity index (χ3n) is 3.38. The Morgan fingerprint density at radius 3 is 3.05 bits per heavy atom. The molecule has 1 aromatic rings. The van der Waals surface area contributed by atoms with Crippen molar-refractivity contribution >= 4 is 5.91 Å². The molecule has 1 aliphatic rings.